The Hall–Kier alpha value is -4.72. The molecule has 44 heavy (non-hydrogen) atoms. The number of hydrogen-bond acceptors (Lipinski definition) is 1. The third-order valence-corrected chi connectivity index (χ3v) is 9.27. The van der Waals surface area contributed by atoms with Crippen LogP contribution in [0.25, 0.3) is 82.2 Å². The third-order valence-electron chi connectivity index (χ3n) is 9.27. The minimum Gasteiger partial charge on any atom is -0.319 e. The molecule has 1 nitrogen and oxygen atoms in total. The van der Waals surface area contributed by atoms with Gasteiger partial charge in [0.15, 0.2) is 0 Å². The molecule has 0 amide bonds. The fourth-order valence-electron chi connectivity index (χ4n) is 7.25. The molecule has 0 aliphatic carbocycles. The van der Waals surface area contributed by atoms with Gasteiger partial charge in [0, 0.05) is 0 Å². The number of benzene rings is 8. The molecule has 0 spiro atoms. The zero-order valence-corrected chi connectivity index (χ0v) is 26.4. The monoisotopic (exact) mass is 569 g/mol. The minimum atomic E-state index is 0.944. The number of hydrogen-bond donors (Lipinski definition) is 1. The molecule has 8 aromatic rings. The van der Waals surface area contributed by atoms with E-state index in [1.165, 1.54) is 92.5 Å². The topological polar surface area (TPSA) is 12.0 Å². The van der Waals surface area contributed by atoms with E-state index in [0.717, 1.165) is 13.0 Å². The fourth-order valence-corrected chi connectivity index (χ4v) is 7.25. The van der Waals surface area contributed by atoms with E-state index in [1.807, 2.05) is 20.9 Å². The highest BCUT2D eigenvalue weighted by molar-refractivity contribution is 6.25. The molecular formula is C43H39N. The summed E-state index contributed by atoms with van der Waals surface area (Å²) in [5.74, 6) is 0. The maximum atomic E-state index is 3.36. The fraction of sp³-hybridized carbons (Fsp3) is 0.163. The molecule has 8 rings (SSSR count). The standard InChI is InChI=1S/C41H33N.C2H6/c1-4-27-12-18-36-34(16-13-30-9-8-25(2)38(27)40(30)36)32-22-26(20-21-42-3)23-33(24-32)35-17-14-31-11-10-28-6-5-7-29-15-19-37(35)41(31)39(28)29;1-2/h4-19,22-24,42H,20-21H2,1-3H3;1-2H3/b27-4-;. The average molecular weight is 570 g/mol. The van der Waals surface area contributed by atoms with Crippen LogP contribution in [0.1, 0.15) is 31.9 Å². The highest BCUT2D eigenvalue weighted by Crippen LogP contribution is 2.41. The molecule has 0 heterocycles. The summed E-state index contributed by atoms with van der Waals surface area (Å²) in [6.07, 6.45) is 3.22. The lowest BCUT2D eigenvalue weighted by Gasteiger charge is -2.17. The summed E-state index contributed by atoms with van der Waals surface area (Å²) in [5, 5.41) is 18.0. The molecule has 0 fully saturated rings. The first-order valence-electron chi connectivity index (χ1n) is 16.0. The summed E-state index contributed by atoms with van der Waals surface area (Å²) < 4.78 is 0. The van der Waals surface area contributed by atoms with E-state index < -0.39 is 0 Å². The smallest absolute Gasteiger partial charge is 0.00113 e. The van der Waals surface area contributed by atoms with Crippen LogP contribution in [0.15, 0.2) is 109 Å². The Labute approximate surface area is 260 Å². The normalized spacial score (nSPS) is 12.2. The van der Waals surface area contributed by atoms with Crippen molar-refractivity contribution in [1.82, 2.24) is 5.32 Å². The van der Waals surface area contributed by atoms with E-state index >= 15 is 0 Å². The molecule has 0 atom stereocenters. The Morgan fingerprint density at radius 1 is 0.568 bits per heavy atom. The molecule has 1 N–H and O–H groups in total. The maximum absolute atomic E-state index is 3.36. The van der Waals surface area contributed by atoms with Crippen molar-refractivity contribution in [1.29, 1.82) is 0 Å². The summed E-state index contributed by atoms with van der Waals surface area (Å²) in [5.41, 5.74) is 7.84. The molecule has 216 valence electrons. The van der Waals surface area contributed by atoms with Crippen molar-refractivity contribution in [2.45, 2.75) is 34.1 Å². The predicted octanol–water partition coefficient (Wildman–Crippen LogP) is 10.8. The van der Waals surface area contributed by atoms with Crippen LogP contribution in [0.5, 0.6) is 0 Å². The van der Waals surface area contributed by atoms with E-state index in [9.17, 15) is 0 Å². The first kappa shape index (κ1) is 28.1. The molecule has 0 saturated carbocycles. The summed E-state index contributed by atoms with van der Waals surface area (Å²) >= 11 is 0. The van der Waals surface area contributed by atoms with Crippen molar-refractivity contribution in [3.63, 3.8) is 0 Å². The lowest BCUT2D eigenvalue weighted by molar-refractivity contribution is 0.792. The van der Waals surface area contributed by atoms with Gasteiger partial charge in [-0.2, -0.15) is 0 Å². The van der Waals surface area contributed by atoms with E-state index in [-0.39, 0.29) is 0 Å². The molecule has 0 bridgehead atoms. The van der Waals surface area contributed by atoms with Crippen LogP contribution in [-0.2, 0) is 6.42 Å². The van der Waals surface area contributed by atoms with Gasteiger partial charge in [0.2, 0.25) is 0 Å². The molecule has 0 radical (unpaired) electrons. The largest absolute Gasteiger partial charge is 0.319 e. The average Bonchev–Trinajstić information content (AvgIpc) is 3.08. The Morgan fingerprint density at radius 2 is 1.09 bits per heavy atom. The van der Waals surface area contributed by atoms with Crippen molar-refractivity contribution in [3.8, 4) is 22.3 Å². The van der Waals surface area contributed by atoms with Gasteiger partial charge in [-0.15, -0.1) is 0 Å². The van der Waals surface area contributed by atoms with Crippen LogP contribution in [-0.4, -0.2) is 13.6 Å². The number of aryl methyl sites for hydroxylation is 1. The summed E-state index contributed by atoms with van der Waals surface area (Å²) in [4.78, 5) is 0. The second-order valence-electron chi connectivity index (χ2n) is 11.7. The first-order valence-corrected chi connectivity index (χ1v) is 16.0. The highest BCUT2D eigenvalue weighted by Gasteiger charge is 2.16. The summed E-state index contributed by atoms with van der Waals surface area (Å²) in [6, 6.07) is 41.4. The SMILES string of the molecule is C/C=c1/ccc2c(-c3cc(CCNC)cc(-c4ccc5ccc6cccc7ccc4c5c67)c3)ccc3ccc(C)c1c32.CC. The molecule has 8 aromatic carbocycles. The molecular weight excluding hydrogens is 530 g/mol. The van der Waals surface area contributed by atoms with Gasteiger partial charge in [0.25, 0.3) is 0 Å². The van der Waals surface area contributed by atoms with E-state index in [0.29, 0.717) is 0 Å². The minimum absolute atomic E-state index is 0.944. The van der Waals surface area contributed by atoms with Gasteiger partial charge in [-0.05, 0) is 132 Å². The molecule has 0 saturated heterocycles. The van der Waals surface area contributed by atoms with Crippen molar-refractivity contribution in [2.75, 3.05) is 13.6 Å². The Bertz CT molecular complexity index is 2340. The molecule has 0 aliphatic heterocycles. The van der Waals surface area contributed by atoms with Crippen LogP contribution in [0.3, 0.4) is 0 Å². The third kappa shape index (κ3) is 4.43. The van der Waals surface area contributed by atoms with Crippen molar-refractivity contribution in [2.24, 2.45) is 0 Å². The molecule has 0 aromatic heterocycles. The number of likely N-dealkylation sites (N-methyl/N-ethyl adjacent to an activating group) is 1. The molecule has 0 aliphatic rings. The predicted molar refractivity (Wildman–Crippen MR) is 195 cm³/mol. The van der Waals surface area contributed by atoms with Gasteiger partial charge >= 0.3 is 0 Å². The maximum Gasteiger partial charge on any atom is -0.00113 e. The second kappa shape index (κ2) is 11.4. The Kier molecular flexibility index (Phi) is 7.28. The lowest BCUT2D eigenvalue weighted by Crippen LogP contribution is -2.10. The van der Waals surface area contributed by atoms with Gasteiger partial charge in [-0.3, -0.25) is 0 Å². The summed E-state index contributed by atoms with van der Waals surface area (Å²) in [6.45, 7) is 9.32. The quantitative estimate of drug-likeness (QED) is 0.203. The van der Waals surface area contributed by atoms with Crippen LogP contribution in [0, 0.1) is 6.92 Å². The lowest BCUT2D eigenvalue weighted by atomic mass is 9.86. The van der Waals surface area contributed by atoms with E-state index in [1.54, 1.807) is 0 Å². The van der Waals surface area contributed by atoms with Gasteiger partial charge in [-0.25, -0.2) is 0 Å². The van der Waals surface area contributed by atoms with E-state index in [2.05, 4.69) is 134 Å². The van der Waals surface area contributed by atoms with Crippen LogP contribution in [0.2, 0.25) is 0 Å². The van der Waals surface area contributed by atoms with Gasteiger partial charge < -0.3 is 5.32 Å². The first-order chi connectivity index (χ1) is 21.6. The van der Waals surface area contributed by atoms with Crippen LogP contribution < -0.4 is 10.5 Å². The van der Waals surface area contributed by atoms with Crippen molar-refractivity contribution in [3.05, 3.63) is 126 Å². The summed E-state index contributed by atoms with van der Waals surface area (Å²) in [7, 11) is 2.03. The van der Waals surface area contributed by atoms with Gasteiger partial charge in [0.05, 0.1) is 0 Å². The molecule has 0 unspecified atom stereocenters. The second-order valence-corrected chi connectivity index (χ2v) is 11.7. The van der Waals surface area contributed by atoms with E-state index in [4.69, 9.17) is 0 Å². The van der Waals surface area contributed by atoms with Crippen molar-refractivity contribution < 1.29 is 0 Å². The number of nitrogens with one attached hydrogen (secondary N) is 1. The van der Waals surface area contributed by atoms with Crippen molar-refractivity contribution >= 4 is 59.9 Å². The highest BCUT2D eigenvalue weighted by atomic mass is 14.8. The van der Waals surface area contributed by atoms with Crippen LogP contribution >= 0.6 is 0 Å². The number of rotatable bonds is 5. The van der Waals surface area contributed by atoms with Gasteiger partial charge in [-0.1, -0.05) is 123 Å². The zero-order valence-electron chi connectivity index (χ0n) is 26.4. The van der Waals surface area contributed by atoms with Gasteiger partial charge in [0.1, 0.15) is 0 Å². The van der Waals surface area contributed by atoms with Crippen LogP contribution in [0.4, 0.5) is 0 Å². The zero-order chi connectivity index (χ0) is 30.4. The molecule has 1 heteroatoms. The Morgan fingerprint density at radius 3 is 1.70 bits per heavy atom. The Balaban J connectivity index is 0.00000153.